The molecular formula is C17H24N2O4. The van der Waals surface area contributed by atoms with E-state index in [2.05, 4.69) is 11.9 Å². The van der Waals surface area contributed by atoms with Gasteiger partial charge in [-0.1, -0.05) is 6.58 Å². The van der Waals surface area contributed by atoms with Gasteiger partial charge in [0.25, 0.3) is 0 Å². The van der Waals surface area contributed by atoms with Gasteiger partial charge in [0.1, 0.15) is 5.75 Å². The van der Waals surface area contributed by atoms with Crippen LogP contribution in [0.25, 0.3) is 0 Å². The third-order valence-corrected chi connectivity index (χ3v) is 3.59. The average Bonchev–Trinajstić information content (AvgIpc) is 2.50. The number of hydrogen-bond donors (Lipinski definition) is 3. The molecule has 23 heavy (non-hydrogen) atoms. The minimum absolute atomic E-state index is 0.184. The van der Waals surface area contributed by atoms with Gasteiger partial charge in [-0.2, -0.15) is 0 Å². The van der Waals surface area contributed by atoms with Crippen molar-refractivity contribution in [1.82, 2.24) is 5.32 Å². The second-order valence-corrected chi connectivity index (χ2v) is 5.35. The van der Waals surface area contributed by atoms with Gasteiger partial charge in [-0.3, -0.25) is 9.59 Å². The van der Waals surface area contributed by atoms with Gasteiger partial charge < -0.3 is 20.9 Å². The van der Waals surface area contributed by atoms with E-state index < -0.39 is 0 Å². The predicted molar refractivity (Wildman–Crippen MR) is 89.5 cm³/mol. The van der Waals surface area contributed by atoms with E-state index in [-0.39, 0.29) is 24.0 Å². The summed E-state index contributed by atoms with van der Waals surface area (Å²) in [5, 5.41) is 12.4. The topological polar surface area (TPSA) is 102 Å². The first-order chi connectivity index (χ1) is 10.8. The molecule has 0 aromatic heterocycles. The van der Waals surface area contributed by atoms with Crippen LogP contribution >= 0.6 is 0 Å². The maximum absolute atomic E-state index is 11.6. The van der Waals surface area contributed by atoms with Gasteiger partial charge in [0, 0.05) is 34.5 Å². The third kappa shape index (κ3) is 4.56. The van der Waals surface area contributed by atoms with E-state index in [1.165, 1.54) is 14.0 Å². The van der Waals surface area contributed by atoms with Crippen molar-refractivity contribution < 1.29 is 19.4 Å². The van der Waals surface area contributed by atoms with E-state index in [4.69, 9.17) is 10.5 Å². The number of amides is 1. The molecule has 4 N–H and O–H groups in total. The van der Waals surface area contributed by atoms with Gasteiger partial charge >= 0.3 is 0 Å². The molecule has 6 heteroatoms. The standard InChI is InChI=1S/C17H24N2O4/c1-10(2)17(22)19-7-5-6-12-14(9-20)16(18)13(11(3)21)8-15(12)23-4/h8,20H,1,5-7,9,18H2,2-4H3,(H,19,22). The zero-order valence-corrected chi connectivity index (χ0v) is 13.9. The molecule has 1 aromatic rings. The van der Waals surface area contributed by atoms with Crippen LogP contribution < -0.4 is 15.8 Å². The number of ether oxygens (including phenoxy) is 1. The number of ketones is 1. The molecule has 0 heterocycles. The molecule has 0 atom stereocenters. The lowest BCUT2D eigenvalue weighted by Gasteiger charge is -2.17. The van der Waals surface area contributed by atoms with Gasteiger partial charge in [-0.05, 0) is 32.8 Å². The minimum Gasteiger partial charge on any atom is -0.496 e. The van der Waals surface area contributed by atoms with E-state index in [0.717, 1.165) is 5.56 Å². The number of nitrogens with two attached hydrogens (primary N) is 1. The number of carbonyl (C=O) groups excluding carboxylic acids is 2. The smallest absolute Gasteiger partial charge is 0.246 e. The zero-order chi connectivity index (χ0) is 17.6. The maximum atomic E-state index is 11.6. The first-order valence-electron chi connectivity index (χ1n) is 7.37. The molecule has 0 aliphatic rings. The summed E-state index contributed by atoms with van der Waals surface area (Å²) in [5.41, 5.74) is 8.32. The Morgan fingerprint density at radius 2 is 2.00 bits per heavy atom. The molecule has 0 saturated heterocycles. The number of rotatable bonds is 8. The molecule has 0 aliphatic heterocycles. The number of aliphatic hydroxyl groups is 1. The number of carbonyl (C=O) groups is 2. The molecule has 126 valence electrons. The highest BCUT2D eigenvalue weighted by Crippen LogP contribution is 2.32. The maximum Gasteiger partial charge on any atom is 0.246 e. The fourth-order valence-electron chi connectivity index (χ4n) is 2.32. The Labute approximate surface area is 136 Å². The fraction of sp³-hybridized carbons (Fsp3) is 0.412. The van der Waals surface area contributed by atoms with Gasteiger partial charge in [0.15, 0.2) is 5.78 Å². The minimum atomic E-state index is -0.281. The van der Waals surface area contributed by atoms with Gasteiger partial charge in [0.05, 0.1) is 13.7 Å². The second-order valence-electron chi connectivity index (χ2n) is 5.35. The number of nitrogen functional groups attached to an aromatic ring is 1. The zero-order valence-electron chi connectivity index (χ0n) is 13.9. The fourth-order valence-corrected chi connectivity index (χ4v) is 2.32. The summed E-state index contributed by atoms with van der Waals surface area (Å²) in [7, 11) is 1.50. The van der Waals surface area contributed by atoms with Crippen molar-refractivity contribution in [3.05, 3.63) is 34.9 Å². The molecule has 0 saturated carbocycles. The number of hydrogen-bond acceptors (Lipinski definition) is 5. The Bertz CT molecular complexity index is 624. The average molecular weight is 320 g/mol. The highest BCUT2D eigenvalue weighted by Gasteiger charge is 2.18. The van der Waals surface area contributed by atoms with Crippen molar-refractivity contribution >= 4 is 17.4 Å². The van der Waals surface area contributed by atoms with Crippen molar-refractivity contribution in [3.8, 4) is 5.75 Å². The normalized spacial score (nSPS) is 10.3. The van der Waals surface area contributed by atoms with Crippen molar-refractivity contribution in [1.29, 1.82) is 0 Å². The number of benzene rings is 1. The van der Waals surface area contributed by atoms with E-state index in [1.54, 1.807) is 13.0 Å². The van der Waals surface area contributed by atoms with Gasteiger partial charge in [0.2, 0.25) is 5.91 Å². The molecule has 0 fully saturated rings. The molecule has 0 bridgehead atoms. The first kappa shape index (κ1) is 18.7. The van der Waals surface area contributed by atoms with Crippen LogP contribution in [0.1, 0.15) is 41.8 Å². The van der Waals surface area contributed by atoms with Crippen LogP contribution in [0.2, 0.25) is 0 Å². The molecular weight excluding hydrogens is 296 g/mol. The quantitative estimate of drug-likeness (QED) is 0.292. The SMILES string of the molecule is C=C(C)C(=O)NCCCc1c(OC)cc(C(C)=O)c(N)c1CO. The summed E-state index contributed by atoms with van der Waals surface area (Å²) in [5.74, 6) is 0.140. The summed E-state index contributed by atoms with van der Waals surface area (Å²) in [6.07, 6.45) is 1.19. The highest BCUT2D eigenvalue weighted by atomic mass is 16.5. The van der Waals surface area contributed by atoms with Crippen molar-refractivity contribution in [2.75, 3.05) is 19.4 Å². The lowest BCUT2D eigenvalue weighted by atomic mass is 9.95. The molecule has 6 nitrogen and oxygen atoms in total. The van der Waals surface area contributed by atoms with Crippen molar-refractivity contribution in [2.45, 2.75) is 33.3 Å². The Morgan fingerprint density at radius 1 is 1.35 bits per heavy atom. The van der Waals surface area contributed by atoms with Crippen LogP contribution in [0.4, 0.5) is 5.69 Å². The predicted octanol–water partition coefficient (Wildman–Crippen LogP) is 1.60. The van der Waals surface area contributed by atoms with E-state index >= 15 is 0 Å². The monoisotopic (exact) mass is 320 g/mol. The molecule has 0 aliphatic carbocycles. The summed E-state index contributed by atoms with van der Waals surface area (Å²) in [6, 6.07) is 1.60. The molecule has 1 amide bonds. The third-order valence-electron chi connectivity index (χ3n) is 3.59. The summed E-state index contributed by atoms with van der Waals surface area (Å²) >= 11 is 0. The van der Waals surface area contributed by atoms with Gasteiger partial charge in [-0.15, -0.1) is 0 Å². The summed E-state index contributed by atoms with van der Waals surface area (Å²) in [4.78, 5) is 23.1. The molecule has 1 rings (SSSR count). The lowest BCUT2D eigenvalue weighted by molar-refractivity contribution is -0.117. The van der Waals surface area contributed by atoms with Gasteiger partial charge in [-0.25, -0.2) is 0 Å². The number of nitrogens with one attached hydrogen (secondary N) is 1. The summed E-state index contributed by atoms with van der Waals surface area (Å²) in [6.45, 7) is 6.81. The first-order valence-corrected chi connectivity index (χ1v) is 7.37. The Balaban J connectivity index is 2.97. The van der Waals surface area contributed by atoms with Crippen LogP contribution in [0.15, 0.2) is 18.2 Å². The van der Waals surface area contributed by atoms with E-state index in [1.807, 2.05) is 0 Å². The van der Waals surface area contributed by atoms with Crippen molar-refractivity contribution in [2.24, 2.45) is 0 Å². The lowest BCUT2D eigenvalue weighted by Crippen LogP contribution is -2.25. The highest BCUT2D eigenvalue weighted by molar-refractivity contribution is 6.00. The number of anilines is 1. The van der Waals surface area contributed by atoms with Crippen LogP contribution in [-0.2, 0) is 17.8 Å². The molecule has 0 radical (unpaired) electrons. The second kappa shape index (κ2) is 8.33. The van der Waals surface area contributed by atoms with Crippen LogP contribution in [0, 0.1) is 0 Å². The molecule has 0 spiro atoms. The molecule has 0 unspecified atom stereocenters. The number of Topliss-reactive ketones (excluding diaryl/α,β-unsaturated/α-hetero) is 1. The van der Waals surface area contributed by atoms with Crippen LogP contribution in [0.5, 0.6) is 5.75 Å². The summed E-state index contributed by atoms with van der Waals surface area (Å²) < 4.78 is 5.33. The van der Waals surface area contributed by atoms with E-state index in [9.17, 15) is 14.7 Å². The Kier molecular flexibility index (Phi) is 6.78. The van der Waals surface area contributed by atoms with E-state index in [0.29, 0.717) is 41.8 Å². The van der Waals surface area contributed by atoms with Crippen LogP contribution in [0.3, 0.4) is 0 Å². The number of aliphatic hydroxyl groups excluding tert-OH is 1. The number of methoxy groups -OCH3 is 1. The van der Waals surface area contributed by atoms with Crippen molar-refractivity contribution in [3.63, 3.8) is 0 Å². The van der Waals surface area contributed by atoms with Crippen LogP contribution in [-0.4, -0.2) is 30.5 Å². The Morgan fingerprint density at radius 3 is 2.48 bits per heavy atom. The molecule has 1 aromatic carbocycles. The Hall–Kier alpha value is -2.34. The largest absolute Gasteiger partial charge is 0.496 e.